The first kappa shape index (κ1) is 22.5. The summed E-state index contributed by atoms with van der Waals surface area (Å²) >= 11 is 0. The lowest BCUT2D eigenvalue weighted by Crippen LogP contribution is -2.46. The van der Waals surface area contributed by atoms with Gasteiger partial charge in [-0.25, -0.2) is 12.8 Å². The van der Waals surface area contributed by atoms with Gasteiger partial charge in [-0.15, -0.1) is 0 Å². The van der Waals surface area contributed by atoms with Crippen LogP contribution in [0.1, 0.15) is 13.8 Å². The number of para-hydroxylation sites is 1. The van der Waals surface area contributed by atoms with Crippen molar-refractivity contribution in [3.63, 3.8) is 0 Å². The normalized spacial score (nSPS) is 12.4. The van der Waals surface area contributed by atoms with E-state index in [1.165, 1.54) is 24.1 Å². The molecule has 0 aliphatic heterocycles. The monoisotopic (exact) mass is 422 g/mol. The van der Waals surface area contributed by atoms with Gasteiger partial charge in [0.05, 0.1) is 0 Å². The Bertz CT molecular complexity index is 964. The molecule has 0 aliphatic carbocycles. The molecule has 2 aromatic carbocycles. The van der Waals surface area contributed by atoms with Crippen LogP contribution >= 0.6 is 0 Å². The van der Waals surface area contributed by atoms with Gasteiger partial charge >= 0.3 is 5.97 Å². The van der Waals surface area contributed by atoms with Gasteiger partial charge in [0.1, 0.15) is 16.8 Å². The molecule has 0 heterocycles. The van der Waals surface area contributed by atoms with Crippen LogP contribution in [0.25, 0.3) is 0 Å². The molecule has 1 amide bonds. The molecular formula is C20H23FN2O5S. The second kappa shape index (κ2) is 9.62. The maximum Gasteiger partial charge on any atom is 0.324 e. The van der Waals surface area contributed by atoms with Crippen LogP contribution in [-0.2, 0) is 24.3 Å². The highest BCUT2D eigenvalue weighted by Crippen LogP contribution is 2.16. The smallest absolute Gasteiger partial charge is 0.324 e. The van der Waals surface area contributed by atoms with Gasteiger partial charge in [0.25, 0.3) is 5.91 Å². The zero-order valence-electron chi connectivity index (χ0n) is 16.3. The highest BCUT2D eigenvalue weighted by atomic mass is 32.2. The molecule has 0 bridgehead atoms. The third-order valence-corrected chi connectivity index (χ3v) is 5.66. The fraction of sp³-hybridized carbons (Fsp3) is 0.300. The third kappa shape index (κ3) is 5.85. The number of benzene rings is 2. The number of nitrogens with zero attached hydrogens (tertiary/aromatic N) is 1. The zero-order valence-corrected chi connectivity index (χ0v) is 17.1. The molecule has 0 aromatic heterocycles. The van der Waals surface area contributed by atoms with Gasteiger partial charge in [-0.1, -0.05) is 44.2 Å². The van der Waals surface area contributed by atoms with Crippen molar-refractivity contribution in [2.75, 3.05) is 18.6 Å². The second-order valence-corrected chi connectivity index (χ2v) is 8.35. The summed E-state index contributed by atoms with van der Waals surface area (Å²) in [5, 5.41) is 0. The van der Waals surface area contributed by atoms with Crippen LogP contribution in [-0.4, -0.2) is 40.0 Å². The number of nitrogens with one attached hydrogen (secondary N) is 1. The Hall–Kier alpha value is -2.78. The van der Waals surface area contributed by atoms with Gasteiger partial charge in [-0.05, 0) is 30.2 Å². The highest BCUT2D eigenvalue weighted by molar-refractivity contribution is 7.89. The maximum absolute atomic E-state index is 13.9. The van der Waals surface area contributed by atoms with E-state index in [4.69, 9.17) is 4.74 Å². The molecule has 1 N–H and O–H groups in total. The summed E-state index contributed by atoms with van der Waals surface area (Å²) in [7, 11) is -2.77. The van der Waals surface area contributed by atoms with Crippen molar-refractivity contribution in [1.82, 2.24) is 4.72 Å². The second-order valence-electron chi connectivity index (χ2n) is 6.67. The van der Waals surface area contributed by atoms with Crippen molar-refractivity contribution in [3.8, 4) is 0 Å². The van der Waals surface area contributed by atoms with Gasteiger partial charge in [-0.3, -0.25) is 9.59 Å². The van der Waals surface area contributed by atoms with E-state index in [2.05, 4.69) is 4.72 Å². The van der Waals surface area contributed by atoms with Crippen LogP contribution in [0.3, 0.4) is 0 Å². The van der Waals surface area contributed by atoms with E-state index in [-0.39, 0.29) is 0 Å². The van der Waals surface area contributed by atoms with E-state index in [1.54, 1.807) is 44.2 Å². The summed E-state index contributed by atoms with van der Waals surface area (Å²) in [6.45, 7) is 2.65. The number of hydrogen-bond donors (Lipinski definition) is 1. The molecule has 156 valence electrons. The Kier molecular flexibility index (Phi) is 7.46. The van der Waals surface area contributed by atoms with E-state index < -0.39 is 51.2 Å². The van der Waals surface area contributed by atoms with Crippen LogP contribution in [0.15, 0.2) is 59.5 Å². The van der Waals surface area contributed by atoms with Gasteiger partial charge in [0.15, 0.2) is 6.61 Å². The molecular weight excluding hydrogens is 399 g/mol. The first-order chi connectivity index (χ1) is 13.6. The minimum atomic E-state index is -4.30. The van der Waals surface area contributed by atoms with Crippen LogP contribution in [0.5, 0.6) is 0 Å². The van der Waals surface area contributed by atoms with Crippen molar-refractivity contribution in [3.05, 3.63) is 60.4 Å². The summed E-state index contributed by atoms with van der Waals surface area (Å²) in [4.78, 5) is 25.4. The number of carbonyl (C=O) groups is 2. The highest BCUT2D eigenvalue weighted by Gasteiger charge is 2.31. The van der Waals surface area contributed by atoms with E-state index in [1.807, 2.05) is 0 Å². The Morgan fingerprint density at radius 2 is 1.66 bits per heavy atom. The fourth-order valence-electron chi connectivity index (χ4n) is 2.46. The summed E-state index contributed by atoms with van der Waals surface area (Å²) in [6.07, 6.45) is 0. The van der Waals surface area contributed by atoms with E-state index in [9.17, 15) is 22.4 Å². The third-order valence-electron chi connectivity index (χ3n) is 4.18. The average Bonchev–Trinajstić information content (AvgIpc) is 2.70. The molecule has 0 saturated carbocycles. The zero-order chi connectivity index (χ0) is 21.6. The SMILES string of the molecule is CC(C)[C@H](NS(=O)(=O)c1ccccc1F)C(=O)OCC(=O)N(C)c1ccccc1. The fourth-order valence-corrected chi connectivity index (χ4v) is 3.88. The molecule has 0 unspecified atom stereocenters. The van der Waals surface area contributed by atoms with E-state index in [0.717, 1.165) is 12.1 Å². The quantitative estimate of drug-likeness (QED) is 0.659. The molecule has 9 heteroatoms. The van der Waals surface area contributed by atoms with Crippen LogP contribution < -0.4 is 9.62 Å². The number of anilines is 1. The number of sulfonamides is 1. The minimum Gasteiger partial charge on any atom is -0.454 e. The lowest BCUT2D eigenvalue weighted by atomic mass is 10.1. The molecule has 7 nitrogen and oxygen atoms in total. The molecule has 1 atom stereocenters. The minimum absolute atomic E-state index is 0.482. The first-order valence-electron chi connectivity index (χ1n) is 8.88. The van der Waals surface area contributed by atoms with Crippen molar-refractivity contribution >= 4 is 27.6 Å². The standard InChI is InChI=1S/C20H23FN2O5S/c1-14(2)19(22-29(26,27)17-12-8-7-11-16(17)21)20(25)28-13-18(24)23(3)15-9-5-4-6-10-15/h4-12,14,19,22H,13H2,1-3H3/t19-/m0/s1. The van der Waals surface area contributed by atoms with Crippen molar-refractivity contribution in [2.24, 2.45) is 5.92 Å². The largest absolute Gasteiger partial charge is 0.454 e. The number of rotatable bonds is 8. The summed E-state index contributed by atoms with van der Waals surface area (Å²) in [6, 6.07) is 12.3. The Morgan fingerprint density at radius 3 is 2.24 bits per heavy atom. The average molecular weight is 422 g/mol. The van der Waals surface area contributed by atoms with Crippen LogP contribution in [0.2, 0.25) is 0 Å². The van der Waals surface area contributed by atoms with Crippen molar-refractivity contribution in [1.29, 1.82) is 0 Å². The summed E-state index contributed by atoms with van der Waals surface area (Å²) in [5.74, 6) is -2.83. The van der Waals surface area contributed by atoms with Crippen LogP contribution in [0.4, 0.5) is 10.1 Å². The van der Waals surface area contributed by atoms with E-state index >= 15 is 0 Å². The van der Waals surface area contributed by atoms with Gasteiger partial charge in [-0.2, -0.15) is 4.72 Å². The molecule has 0 fully saturated rings. The van der Waals surface area contributed by atoms with Crippen molar-refractivity contribution < 1.29 is 27.1 Å². The number of amides is 1. The number of esters is 1. The number of likely N-dealkylation sites (N-methyl/N-ethyl adjacent to an activating group) is 1. The molecule has 2 aromatic rings. The number of halogens is 1. The molecule has 29 heavy (non-hydrogen) atoms. The van der Waals surface area contributed by atoms with Crippen molar-refractivity contribution in [2.45, 2.75) is 24.8 Å². The molecule has 0 spiro atoms. The number of carbonyl (C=O) groups excluding carboxylic acids is 2. The Labute approximate surface area is 169 Å². The molecule has 2 rings (SSSR count). The number of ether oxygens (including phenoxy) is 1. The Morgan fingerprint density at radius 1 is 1.07 bits per heavy atom. The maximum atomic E-state index is 13.9. The number of hydrogen-bond acceptors (Lipinski definition) is 5. The predicted molar refractivity (Wildman–Crippen MR) is 106 cm³/mol. The topological polar surface area (TPSA) is 92.8 Å². The van der Waals surface area contributed by atoms with Crippen LogP contribution in [0, 0.1) is 11.7 Å². The first-order valence-corrected chi connectivity index (χ1v) is 10.4. The van der Waals surface area contributed by atoms with Gasteiger partial charge < -0.3 is 9.64 Å². The van der Waals surface area contributed by atoms with Gasteiger partial charge in [0.2, 0.25) is 10.0 Å². The summed E-state index contributed by atoms with van der Waals surface area (Å²) < 4.78 is 46.0. The molecule has 0 radical (unpaired) electrons. The lowest BCUT2D eigenvalue weighted by molar-refractivity contribution is -0.150. The van der Waals surface area contributed by atoms with Gasteiger partial charge in [0, 0.05) is 12.7 Å². The lowest BCUT2D eigenvalue weighted by Gasteiger charge is -2.22. The predicted octanol–water partition coefficient (Wildman–Crippen LogP) is 2.33. The molecule has 0 saturated heterocycles. The molecule has 0 aliphatic rings. The summed E-state index contributed by atoms with van der Waals surface area (Å²) in [5.41, 5.74) is 0.620. The van der Waals surface area contributed by atoms with E-state index in [0.29, 0.717) is 5.69 Å². The Balaban J connectivity index is 2.06.